The fourth-order valence-corrected chi connectivity index (χ4v) is 2.40. The Morgan fingerprint density at radius 1 is 1.21 bits per heavy atom. The van der Waals surface area contributed by atoms with Crippen LogP contribution in [-0.2, 0) is 0 Å². The second-order valence-corrected chi connectivity index (χ2v) is 5.36. The van der Waals surface area contributed by atoms with Crippen molar-refractivity contribution in [2.75, 3.05) is 23.7 Å². The van der Waals surface area contributed by atoms with Crippen molar-refractivity contribution in [3.05, 3.63) is 52.0 Å². The van der Waals surface area contributed by atoms with E-state index in [9.17, 15) is 10.1 Å². The third-order valence-corrected chi connectivity index (χ3v) is 3.55. The van der Waals surface area contributed by atoms with E-state index in [2.05, 4.69) is 25.7 Å². The molecule has 0 saturated heterocycles. The number of benzene rings is 1. The maximum absolute atomic E-state index is 10.8. The van der Waals surface area contributed by atoms with Gasteiger partial charge in [0.15, 0.2) is 0 Å². The van der Waals surface area contributed by atoms with Gasteiger partial charge < -0.3 is 10.6 Å². The van der Waals surface area contributed by atoms with Crippen LogP contribution in [0.4, 0.5) is 17.2 Å². The number of anilines is 2. The van der Waals surface area contributed by atoms with Crippen LogP contribution in [0.5, 0.6) is 0 Å². The maximum Gasteiger partial charge on any atom is 0.269 e. The van der Waals surface area contributed by atoms with E-state index < -0.39 is 4.92 Å². The molecule has 24 heavy (non-hydrogen) atoms. The van der Waals surface area contributed by atoms with E-state index in [0.717, 1.165) is 22.8 Å². The molecule has 124 valence electrons. The zero-order chi connectivity index (χ0) is 17.1. The Balaban J connectivity index is 1.61. The van der Waals surface area contributed by atoms with Crippen LogP contribution in [0.3, 0.4) is 0 Å². The minimum atomic E-state index is -0.395. The second kappa shape index (κ2) is 6.49. The van der Waals surface area contributed by atoms with E-state index in [1.165, 1.54) is 12.4 Å². The quantitative estimate of drug-likeness (QED) is 0.405. The predicted molar refractivity (Wildman–Crippen MR) is 90.3 cm³/mol. The molecule has 9 nitrogen and oxygen atoms in total. The van der Waals surface area contributed by atoms with Crippen LogP contribution in [0.1, 0.15) is 11.3 Å². The minimum absolute atomic E-state index is 0.0945. The van der Waals surface area contributed by atoms with Crippen LogP contribution in [-0.4, -0.2) is 37.6 Å². The van der Waals surface area contributed by atoms with Gasteiger partial charge in [-0.15, -0.1) is 0 Å². The van der Waals surface area contributed by atoms with Crippen molar-refractivity contribution in [2.45, 2.75) is 13.8 Å². The van der Waals surface area contributed by atoms with E-state index in [4.69, 9.17) is 0 Å². The molecular weight excluding hydrogens is 310 g/mol. The number of hydrogen-bond donors (Lipinski definition) is 2. The summed E-state index contributed by atoms with van der Waals surface area (Å²) in [5, 5.41) is 21.4. The van der Waals surface area contributed by atoms with Gasteiger partial charge in [-0.1, -0.05) is 0 Å². The minimum Gasteiger partial charge on any atom is -0.383 e. The lowest BCUT2D eigenvalue weighted by molar-refractivity contribution is -0.384. The Kier molecular flexibility index (Phi) is 4.23. The molecule has 0 aliphatic carbocycles. The summed E-state index contributed by atoms with van der Waals surface area (Å²) in [7, 11) is 0. The topological polar surface area (TPSA) is 110 Å². The first kappa shape index (κ1) is 15.7. The number of nitro benzene ring substituents is 1. The van der Waals surface area contributed by atoms with Crippen molar-refractivity contribution < 1.29 is 4.92 Å². The molecule has 0 radical (unpaired) electrons. The summed E-state index contributed by atoms with van der Waals surface area (Å²) in [4.78, 5) is 18.7. The Morgan fingerprint density at radius 3 is 2.75 bits per heavy atom. The highest BCUT2D eigenvalue weighted by Crippen LogP contribution is 2.20. The van der Waals surface area contributed by atoms with Gasteiger partial charge in [-0.25, -0.2) is 4.98 Å². The number of aryl methyl sites for hydroxylation is 2. The van der Waals surface area contributed by atoms with Gasteiger partial charge in [0.1, 0.15) is 12.1 Å². The number of nitrogens with zero attached hydrogens (tertiary/aromatic N) is 5. The largest absolute Gasteiger partial charge is 0.383 e. The Morgan fingerprint density at radius 2 is 2.00 bits per heavy atom. The maximum atomic E-state index is 10.8. The number of nitro groups is 1. The summed E-state index contributed by atoms with van der Waals surface area (Å²) in [6, 6.07) is 6.67. The molecule has 0 aliphatic heterocycles. The Labute approximate surface area is 137 Å². The summed E-state index contributed by atoms with van der Waals surface area (Å²) in [5.74, 6) is 1.37. The van der Waals surface area contributed by atoms with Crippen LogP contribution in [0.2, 0.25) is 0 Å². The second-order valence-electron chi connectivity index (χ2n) is 5.36. The summed E-state index contributed by atoms with van der Waals surface area (Å²) in [6.45, 7) is 5.04. The van der Waals surface area contributed by atoms with Gasteiger partial charge >= 0.3 is 0 Å². The first-order chi connectivity index (χ1) is 11.5. The van der Waals surface area contributed by atoms with Gasteiger partial charge in [-0.05, 0) is 25.5 Å². The van der Waals surface area contributed by atoms with E-state index >= 15 is 0 Å². The monoisotopic (exact) mass is 327 g/mol. The highest BCUT2D eigenvalue weighted by atomic mass is 16.6. The number of non-ortho nitro benzene ring substituents is 1. The molecule has 3 aromatic rings. The van der Waals surface area contributed by atoms with Gasteiger partial charge in [0.2, 0.25) is 0 Å². The summed E-state index contributed by atoms with van der Waals surface area (Å²) >= 11 is 0. The molecule has 0 amide bonds. The SMILES string of the molecule is Cc1cc(NCCNc2ccc([N+](=O)[O-])cc2C)n2ncnc2n1. The van der Waals surface area contributed by atoms with Crippen LogP contribution in [0.15, 0.2) is 30.6 Å². The van der Waals surface area contributed by atoms with Crippen molar-refractivity contribution in [1.29, 1.82) is 0 Å². The normalized spacial score (nSPS) is 10.8. The van der Waals surface area contributed by atoms with Crippen LogP contribution >= 0.6 is 0 Å². The summed E-state index contributed by atoms with van der Waals surface area (Å²) in [5.41, 5.74) is 2.66. The highest BCUT2D eigenvalue weighted by Gasteiger charge is 2.08. The number of hydrogen-bond acceptors (Lipinski definition) is 7. The van der Waals surface area contributed by atoms with Gasteiger partial charge in [0.25, 0.3) is 11.5 Å². The molecule has 9 heteroatoms. The Bertz CT molecular complexity index is 891. The summed E-state index contributed by atoms with van der Waals surface area (Å²) < 4.78 is 1.64. The van der Waals surface area contributed by atoms with Crippen molar-refractivity contribution >= 4 is 23.0 Å². The number of rotatable bonds is 6. The van der Waals surface area contributed by atoms with E-state index in [1.807, 2.05) is 19.9 Å². The molecule has 2 aromatic heterocycles. The molecular formula is C15H17N7O2. The van der Waals surface area contributed by atoms with Crippen LogP contribution in [0, 0.1) is 24.0 Å². The molecule has 0 bridgehead atoms. The average Bonchev–Trinajstić information content (AvgIpc) is 3.00. The van der Waals surface area contributed by atoms with Gasteiger partial charge in [-0.3, -0.25) is 10.1 Å². The lowest BCUT2D eigenvalue weighted by Gasteiger charge is -2.11. The van der Waals surface area contributed by atoms with Crippen LogP contribution < -0.4 is 10.6 Å². The number of aromatic nitrogens is 4. The lowest BCUT2D eigenvalue weighted by atomic mass is 10.2. The lowest BCUT2D eigenvalue weighted by Crippen LogP contribution is -2.16. The molecule has 0 atom stereocenters. The molecule has 1 aromatic carbocycles. The van der Waals surface area contributed by atoms with Gasteiger partial charge in [-0.2, -0.15) is 14.6 Å². The van der Waals surface area contributed by atoms with Crippen LogP contribution in [0.25, 0.3) is 5.78 Å². The standard InChI is InChI=1S/C15H17N7O2/c1-10-7-12(22(23)24)3-4-13(10)16-5-6-17-14-8-11(2)20-15-18-9-19-21(14)15/h3-4,7-9,16-17H,5-6H2,1-2H3. The third kappa shape index (κ3) is 3.24. The highest BCUT2D eigenvalue weighted by molar-refractivity contribution is 5.55. The van der Waals surface area contributed by atoms with E-state index in [-0.39, 0.29) is 5.69 Å². The number of fused-ring (bicyclic) bond motifs is 1. The smallest absolute Gasteiger partial charge is 0.269 e. The van der Waals surface area contributed by atoms with E-state index in [0.29, 0.717) is 18.9 Å². The Hall–Kier alpha value is -3.23. The molecule has 0 fully saturated rings. The fraction of sp³-hybridized carbons (Fsp3) is 0.267. The molecule has 0 aliphatic rings. The van der Waals surface area contributed by atoms with E-state index in [1.54, 1.807) is 16.6 Å². The molecule has 0 saturated carbocycles. The first-order valence-electron chi connectivity index (χ1n) is 7.45. The molecule has 2 N–H and O–H groups in total. The van der Waals surface area contributed by atoms with Crippen molar-refractivity contribution in [3.63, 3.8) is 0 Å². The number of nitrogens with one attached hydrogen (secondary N) is 2. The zero-order valence-corrected chi connectivity index (χ0v) is 13.4. The van der Waals surface area contributed by atoms with Crippen molar-refractivity contribution in [2.24, 2.45) is 0 Å². The predicted octanol–water partition coefficient (Wildman–Crippen LogP) is 2.17. The summed E-state index contributed by atoms with van der Waals surface area (Å²) in [6.07, 6.45) is 1.46. The van der Waals surface area contributed by atoms with Gasteiger partial charge in [0, 0.05) is 42.7 Å². The molecule has 0 spiro atoms. The van der Waals surface area contributed by atoms with Crippen molar-refractivity contribution in [3.8, 4) is 0 Å². The molecule has 3 rings (SSSR count). The molecule has 2 heterocycles. The first-order valence-corrected chi connectivity index (χ1v) is 7.45. The zero-order valence-electron chi connectivity index (χ0n) is 13.4. The molecule has 0 unspecified atom stereocenters. The average molecular weight is 327 g/mol. The fourth-order valence-electron chi connectivity index (χ4n) is 2.40. The third-order valence-electron chi connectivity index (χ3n) is 3.55. The van der Waals surface area contributed by atoms with Crippen molar-refractivity contribution in [1.82, 2.24) is 19.6 Å². The van der Waals surface area contributed by atoms with Gasteiger partial charge in [0.05, 0.1) is 4.92 Å².